The van der Waals surface area contributed by atoms with Crippen molar-refractivity contribution >= 4 is 33.7 Å². The zero-order valence-corrected chi connectivity index (χ0v) is 13.6. The molecule has 0 saturated heterocycles. The van der Waals surface area contributed by atoms with Crippen LogP contribution in [0.5, 0.6) is 0 Å². The summed E-state index contributed by atoms with van der Waals surface area (Å²) < 4.78 is 1.98. The third kappa shape index (κ3) is 2.86. The zero-order valence-electron chi connectivity index (χ0n) is 11.9. The normalized spacial score (nSPS) is 14.4. The second-order valence-electron chi connectivity index (χ2n) is 5.42. The average Bonchev–Trinajstić information content (AvgIpc) is 2.89. The molecule has 7 heteroatoms. The van der Waals surface area contributed by atoms with Crippen molar-refractivity contribution in [3.8, 4) is 0 Å². The second kappa shape index (κ2) is 5.73. The van der Waals surface area contributed by atoms with E-state index in [0.29, 0.717) is 19.1 Å². The van der Waals surface area contributed by atoms with Crippen LogP contribution in [0.4, 0.5) is 4.79 Å². The van der Waals surface area contributed by atoms with E-state index in [9.17, 15) is 4.79 Å². The van der Waals surface area contributed by atoms with E-state index < -0.39 is 0 Å². The van der Waals surface area contributed by atoms with Crippen LogP contribution < -0.4 is 5.32 Å². The third-order valence-electron chi connectivity index (χ3n) is 3.72. The molecule has 2 amide bonds. The SMILES string of the molecule is O=C(NCc1cn2ccsc2n1)N(Cc1cccs1)C1CC1. The van der Waals surface area contributed by atoms with Crippen LogP contribution in [0, 0.1) is 0 Å². The Labute approximate surface area is 136 Å². The second-order valence-corrected chi connectivity index (χ2v) is 7.33. The van der Waals surface area contributed by atoms with E-state index in [1.807, 2.05) is 33.1 Å². The summed E-state index contributed by atoms with van der Waals surface area (Å²) in [5.41, 5.74) is 0.895. The number of hydrogen-bond acceptors (Lipinski definition) is 4. The molecule has 0 radical (unpaired) electrons. The van der Waals surface area contributed by atoms with Crippen LogP contribution in [0.1, 0.15) is 23.4 Å². The van der Waals surface area contributed by atoms with Gasteiger partial charge < -0.3 is 10.2 Å². The van der Waals surface area contributed by atoms with Crippen molar-refractivity contribution in [2.24, 2.45) is 0 Å². The lowest BCUT2D eigenvalue weighted by molar-refractivity contribution is 0.192. The Balaban J connectivity index is 1.40. The number of nitrogens with one attached hydrogen (secondary N) is 1. The first-order valence-corrected chi connectivity index (χ1v) is 9.03. The van der Waals surface area contributed by atoms with E-state index in [1.165, 1.54) is 4.88 Å². The van der Waals surface area contributed by atoms with Gasteiger partial charge >= 0.3 is 6.03 Å². The van der Waals surface area contributed by atoms with E-state index in [1.54, 1.807) is 22.7 Å². The van der Waals surface area contributed by atoms with Crippen LogP contribution in [0.2, 0.25) is 0 Å². The molecule has 3 aromatic rings. The van der Waals surface area contributed by atoms with Crippen LogP contribution in [0.3, 0.4) is 0 Å². The van der Waals surface area contributed by atoms with Crippen molar-refractivity contribution in [1.82, 2.24) is 19.6 Å². The van der Waals surface area contributed by atoms with Gasteiger partial charge in [-0.1, -0.05) is 6.07 Å². The Kier molecular flexibility index (Phi) is 3.59. The van der Waals surface area contributed by atoms with Crippen LogP contribution >= 0.6 is 22.7 Å². The fourth-order valence-electron chi connectivity index (χ4n) is 2.45. The van der Waals surface area contributed by atoms with Gasteiger partial charge in [-0.05, 0) is 24.3 Å². The summed E-state index contributed by atoms with van der Waals surface area (Å²) in [6, 6.07) is 4.51. The highest BCUT2D eigenvalue weighted by molar-refractivity contribution is 7.15. The van der Waals surface area contributed by atoms with Gasteiger partial charge in [0.1, 0.15) is 0 Å². The number of imidazole rings is 1. The number of hydrogen-bond donors (Lipinski definition) is 1. The van der Waals surface area contributed by atoms with Gasteiger partial charge in [0.15, 0.2) is 4.96 Å². The molecule has 1 N–H and O–H groups in total. The summed E-state index contributed by atoms with van der Waals surface area (Å²) >= 11 is 3.29. The monoisotopic (exact) mass is 332 g/mol. The number of aromatic nitrogens is 2. The van der Waals surface area contributed by atoms with Gasteiger partial charge in [0, 0.05) is 28.7 Å². The molecule has 1 fully saturated rings. The zero-order chi connectivity index (χ0) is 14.9. The molecule has 0 spiro atoms. The first-order chi connectivity index (χ1) is 10.8. The van der Waals surface area contributed by atoms with Gasteiger partial charge in [0.05, 0.1) is 18.8 Å². The quantitative estimate of drug-likeness (QED) is 0.779. The molecule has 3 heterocycles. The van der Waals surface area contributed by atoms with Gasteiger partial charge in [-0.25, -0.2) is 9.78 Å². The standard InChI is InChI=1S/C15H16N4OS2/c20-14(16-8-11-9-18-5-7-22-15(18)17-11)19(12-3-4-12)10-13-2-1-6-21-13/h1-2,5-7,9,12H,3-4,8,10H2,(H,16,20). The molecule has 22 heavy (non-hydrogen) atoms. The summed E-state index contributed by atoms with van der Waals surface area (Å²) in [4.78, 5) is 21.1. The smallest absolute Gasteiger partial charge is 0.318 e. The van der Waals surface area contributed by atoms with Gasteiger partial charge in [0.25, 0.3) is 0 Å². The lowest BCUT2D eigenvalue weighted by atomic mass is 10.4. The molecule has 5 nitrogen and oxygen atoms in total. The molecule has 1 aliphatic rings. The van der Waals surface area contributed by atoms with Crippen molar-refractivity contribution in [1.29, 1.82) is 0 Å². The minimum absolute atomic E-state index is 0.00672. The molecule has 0 aliphatic heterocycles. The Morgan fingerprint density at radius 2 is 2.32 bits per heavy atom. The summed E-state index contributed by atoms with van der Waals surface area (Å²) in [7, 11) is 0. The van der Waals surface area contributed by atoms with Crippen LogP contribution in [-0.4, -0.2) is 26.4 Å². The van der Waals surface area contributed by atoms with E-state index in [4.69, 9.17) is 0 Å². The highest BCUT2D eigenvalue weighted by Crippen LogP contribution is 2.29. The van der Waals surface area contributed by atoms with Crippen molar-refractivity contribution in [3.05, 3.63) is 45.9 Å². The van der Waals surface area contributed by atoms with E-state index in [2.05, 4.69) is 21.7 Å². The lowest BCUT2D eigenvalue weighted by Gasteiger charge is -2.22. The number of amides is 2. The van der Waals surface area contributed by atoms with E-state index in [0.717, 1.165) is 23.5 Å². The molecule has 3 aromatic heterocycles. The van der Waals surface area contributed by atoms with Crippen LogP contribution in [0.15, 0.2) is 35.3 Å². The minimum Gasteiger partial charge on any atom is -0.332 e. The highest BCUT2D eigenvalue weighted by atomic mass is 32.1. The van der Waals surface area contributed by atoms with Crippen molar-refractivity contribution in [2.45, 2.75) is 32.0 Å². The number of urea groups is 1. The molecule has 114 valence electrons. The predicted octanol–water partition coefficient (Wildman–Crippen LogP) is 3.33. The molecule has 0 aromatic carbocycles. The molecule has 1 saturated carbocycles. The number of nitrogens with zero attached hydrogens (tertiary/aromatic N) is 3. The van der Waals surface area contributed by atoms with Crippen LogP contribution in [-0.2, 0) is 13.1 Å². The number of rotatable bonds is 5. The molecule has 0 atom stereocenters. The summed E-state index contributed by atoms with van der Waals surface area (Å²) in [5, 5.41) is 7.06. The van der Waals surface area contributed by atoms with Crippen molar-refractivity contribution in [2.75, 3.05) is 0 Å². The highest BCUT2D eigenvalue weighted by Gasteiger charge is 2.32. The number of thiazole rings is 1. The number of thiophene rings is 1. The van der Waals surface area contributed by atoms with Crippen LogP contribution in [0.25, 0.3) is 4.96 Å². The minimum atomic E-state index is 0.00672. The topological polar surface area (TPSA) is 49.6 Å². The summed E-state index contributed by atoms with van der Waals surface area (Å²) in [6.07, 6.45) is 6.16. The molecular formula is C15H16N4OS2. The first-order valence-electron chi connectivity index (χ1n) is 7.27. The Morgan fingerprint density at radius 3 is 3.05 bits per heavy atom. The largest absolute Gasteiger partial charge is 0.332 e. The maximum Gasteiger partial charge on any atom is 0.318 e. The van der Waals surface area contributed by atoms with Crippen molar-refractivity contribution in [3.63, 3.8) is 0 Å². The Hall–Kier alpha value is -1.86. The van der Waals surface area contributed by atoms with Gasteiger partial charge in [-0.2, -0.15) is 0 Å². The summed E-state index contributed by atoms with van der Waals surface area (Å²) in [6.45, 7) is 1.17. The van der Waals surface area contributed by atoms with Gasteiger partial charge in [-0.15, -0.1) is 22.7 Å². The third-order valence-corrected chi connectivity index (χ3v) is 5.35. The molecular weight excluding hydrogens is 316 g/mol. The maximum atomic E-state index is 12.5. The predicted molar refractivity (Wildman–Crippen MR) is 88.2 cm³/mol. The molecule has 4 rings (SSSR count). The Bertz CT molecular complexity index is 744. The lowest BCUT2D eigenvalue weighted by Crippen LogP contribution is -2.40. The van der Waals surface area contributed by atoms with E-state index >= 15 is 0 Å². The fraction of sp³-hybridized carbons (Fsp3) is 0.333. The first kappa shape index (κ1) is 13.8. The maximum absolute atomic E-state index is 12.5. The van der Waals surface area contributed by atoms with Gasteiger partial charge in [0.2, 0.25) is 0 Å². The molecule has 0 bridgehead atoms. The molecule has 1 aliphatic carbocycles. The van der Waals surface area contributed by atoms with Gasteiger partial charge in [-0.3, -0.25) is 4.40 Å². The fourth-order valence-corrected chi connectivity index (χ4v) is 3.87. The molecule has 0 unspecified atom stereocenters. The number of carbonyl (C=O) groups is 1. The Morgan fingerprint density at radius 1 is 1.41 bits per heavy atom. The summed E-state index contributed by atoms with van der Waals surface area (Å²) in [5.74, 6) is 0. The number of carbonyl (C=O) groups excluding carboxylic acids is 1. The van der Waals surface area contributed by atoms with E-state index in [-0.39, 0.29) is 6.03 Å². The van der Waals surface area contributed by atoms with Crippen molar-refractivity contribution < 1.29 is 4.79 Å². The number of fused-ring (bicyclic) bond motifs is 1. The average molecular weight is 332 g/mol.